The summed E-state index contributed by atoms with van der Waals surface area (Å²) in [5.74, 6) is 0.529. The molecule has 194 valence electrons. The lowest BCUT2D eigenvalue weighted by atomic mass is 10.0. The SMILES string of the molecule is C=CCc1cc(/C=C2\SC(=O)N(Cc3ccccc3[N+](=O)[O-])C2=O)cc(OC)c1OCc1ccc(Br)cc1. The highest BCUT2D eigenvalue weighted by atomic mass is 79.9. The number of rotatable bonds is 10. The molecule has 1 aliphatic heterocycles. The molecule has 1 heterocycles. The number of carbonyl (C=O) groups excluding carboxylic acids is 2. The third kappa shape index (κ3) is 6.15. The first-order chi connectivity index (χ1) is 18.3. The molecule has 3 aromatic carbocycles. The number of nitro groups is 1. The summed E-state index contributed by atoms with van der Waals surface area (Å²) in [4.78, 5) is 37.8. The van der Waals surface area contributed by atoms with Crippen LogP contribution in [-0.2, 0) is 24.4 Å². The number of para-hydroxylation sites is 1. The summed E-state index contributed by atoms with van der Waals surface area (Å²) in [5.41, 5.74) is 2.57. The summed E-state index contributed by atoms with van der Waals surface area (Å²) in [6, 6.07) is 17.4. The number of amides is 2. The second-order valence-corrected chi connectivity index (χ2v) is 10.2. The van der Waals surface area contributed by atoms with Gasteiger partial charge in [-0.3, -0.25) is 24.6 Å². The summed E-state index contributed by atoms with van der Waals surface area (Å²) in [6.07, 6.45) is 3.84. The van der Waals surface area contributed by atoms with Crippen LogP contribution in [0.3, 0.4) is 0 Å². The Kier molecular flexibility index (Phi) is 8.65. The number of hydrogen-bond acceptors (Lipinski definition) is 7. The molecule has 38 heavy (non-hydrogen) atoms. The Morgan fingerprint density at radius 2 is 1.84 bits per heavy atom. The molecule has 0 bridgehead atoms. The predicted octanol–water partition coefficient (Wildman–Crippen LogP) is 6.91. The van der Waals surface area contributed by atoms with Gasteiger partial charge in [0.25, 0.3) is 16.8 Å². The van der Waals surface area contributed by atoms with Gasteiger partial charge in [-0.1, -0.05) is 52.3 Å². The van der Waals surface area contributed by atoms with Gasteiger partial charge in [0.2, 0.25) is 0 Å². The molecular weight excluding hydrogens is 572 g/mol. The molecule has 0 saturated carbocycles. The minimum absolute atomic E-state index is 0.145. The number of nitrogens with zero attached hydrogens (tertiary/aromatic N) is 2. The topological polar surface area (TPSA) is 99.0 Å². The van der Waals surface area contributed by atoms with E-state index in [1.807, 2.05) is 30.3 Å². The Labute approximate surface area is 232 Å². The predicted molar refractivity (Wildman–Crippen MR) is 150 cm³/mol. The number of halogens is 1. The third-order valence-corrected chi connectivity index (χ3v) is 7.16. The van der Waals surface area contributed by atoms with Gasteiger partial charge in [-0.15, -0.1) is 6.58 Å². The van der Waals surface area contributed by atoms with Crippen LogP contribution in [0, 0.1) is 10.1 Å². The van der Waals surface area contributed by atoms with Crippen LogP contribution in [0.5, 0.6) is 11.5 Å². The highest BCUT2D eigenvalue weighted by Crippen LogP contribution is 2.38. The highest BCUT2D eigenvalue weighted by molar-refractivity contribution is 9.10. The summed E-state index contributed by atoms with van der Waals surface area (Å²) >= 11 is 4.21. The molecule has 0 aromatic heterocycles. The second kappa shape index (κ2) is 12.1. The van der Waals surface area contributed by atoms with Gasteiger partial charge in [0.05, 0.1) is 23.5 Å². The van der Waals surface area contributed by atoms with Gasteiger partial charge in [0.1, 0.15) is 6.61 Å². The average Bonchev–Trinajstić information content (AvgIpc) is 3.16. The van der Waals surface area contributed by atoms with E-state index in [4.69, 9.17) is 9.47 Å². The largest absolute Gasteiger partial charge is 0.493 e. The molecule has 2 amide bonds. The zero-order valence-electron chi connectivity index (χ0n) is 20.4. The molecule has 8 nitrogen and oxygen atoms in total. The average molecular weight is 595 g/mol. The third-order valence-electron chi connectivity index (χ3n) is 5.72. The van der Waals surface area contributed by atoms with E-state index in [1.165, 1.54) is 25.3 Å². The van der Waals surface area contributed by atoms with Gasteiger partial charge in [-0.2, -0.15) is 0 Å². The number of hydrogen-bond donors (Lipinski definition) is 0. The molecule has 1 aliphatic rings. The van der Waals surface area contributed by atoms with E-state index in [0.717, 1.165) is 32.3 Å². The molecular formula is C28H23BrN2O6S. The van der Waals surface area contributed by atoms with Crippen LogP contribution < -0.4 is 9.47 Å². The van der Waals surface area contributed by atoms with E-state index in [2.05, 4.69) is 22.5 Å². The number of imide groups is 1. The first kappa shape index (κ1) is 27.2. The molecule has 0 unspecified atom stereocenters. The molecule has 0 atom stereocenters. The fourth-order valence-corrected chi connectivity index (χ4v) is 5.01. The summed E-state index contributed by atoms with van der Waals surface area (Å²) in [6.45, 7) is 3.97. The minimum Gasteiger partial charge on any atom is -0.493 e. The van der Waals surface area contributed by atoms with Crippen LogP contribution in [-0.4, -0.2) is 28.1 Å². The number of allylic oxidation sites excluding steroid dienone is 1. The van der Waals surface area contributed by atoms with Crippen molar-refractivity contribution in [2.45, 2.75) is 19.6 Å². The van der Waals surface area contributed by atoms with Crippen molar-refractivity contribution < 1.29 is 24.0 Å². The second-order valence-electron chi connectivity index (χ2n) is 8.27. The molecule has 3 aromatic rings. The van der Waals surface area contributed by atoms with Crippen LogP contribution >= 0.6 is 27.7 Å². The van der Waals surface area contributed by atoms with E-state index < -0.39 is 16.1 Å². The van der Waals surface area contributed by atoms with Crippen molar-refractivity contribution >= 4 is 50.6 Å². The Morgan fingerprint density at radius 1 is 1.11 bits per heavy atom. The number of nitro benzene ring substituents is 1. The number of benzene rings is 3. The van der Waals surface area contributed by atoms with Crippen molar-refractivity contribution in [2.24, 2.45) is 0 Å². The standard InChI is InChI=1S/C28H23BrN2O6S/c1-3-6-20-13-19(14-24(36-2)26(20)37-17-18-9-11-22(29)12-10-18)15-25-27(32)30(28(33)38-25)16-21-7-4-5-8-23(21)31(34)35/h3-5,7-15H,1,6,16-17H2,2H3/b25-15-. The normalized spacial score (nSPS) is 14.2. The van der Waals surface area contributed by atoms with Gasteiger partial charge in [-0.25, -0.2) is 0 Å². The maximum absolute atomic E-state index is 13.1. The fourth-order valence-electron chi connectivity index (χ4n) is 3.91. The van der Waals surface area contributed by atoms with E-state index >= 15 is 0 Å². The zero-order valence-corrected chi connectivity index (χ0v) is 22.8. The summed E-state index contributed by atoms with van der Waals surface area (Å²) < 4.78 is 12.7. The lowest BCUT2D eigenvalue weighted by molar-refractivity contribution is -0.385. The van der Waals surface area contributed by atoms with Crippen LogP contribution in [0.15, 0.2) is 82.7 Å². The van der Waals surface area contributed by atoms with Gasteiger partial charge in [0.15, 0.2) is 11.5 Å². The first-order valence-corrected chi connectivity index (χ1v) is 13.1. The molecule has 0 spiro atoms. The lowest BCUT2D eigenvalue weighted by Crippen LogP contribution is -2.27. The van der Waals surface area contributed by atoms with Crippen molar-refractivity contribution in [1.29, 1.82) is 0 Å². The van der Waals surface area contributed by atoms with Crippen LogP contribution in [0.1, 0.15) is 22.3 Å². The molecule has 1 saturated heterocycles. The summed E-state index contributed by atoms with van der Waals surface area (Å²) in [7, 11) is 1.53. The van der Waals surface area contributed by atoms with Crippen molar-refractivity contribution in [3.63, 3.8) is 0 Å². The van der Waals surface area contributed by atoms with Crippen molar-refractivity contribution in [2.75, 3.05) is 7.11 Å². The molecule has 0 aliphatic carbocycles. The Bertz CT molecular complexity index is 1440. The number of ether oxygens (including phenoxy) is 2. The van der Waals surface area contributed by atoms with Gasteiger partial charge < -0.3 is 9.47 Å². The number of carbonyl (C=O) groups is 2. The highest BCUT2D eigenvalue weighted by Gasteiger charge is 2.36. The number of thioether (sulfide) groups is 1. The smallest absolute Gasteiger partial charge is 0.293 e. The molecule has 1 fully saturated rings. The Balaban J connectivity index is 1.60. The van der Waals surface area contributed by atoms with Gasteiger partial charge >= 0.3 is 0 Å². The van der Waals surface area contributed by atoms with Crippen LogP contribution in [0.2, 0.25) is 0 Å². The summed E-state index contributed by atoms with van der Waals surface area (Å²) in [5, 5.41) is 10.9. The molecule has 0 N–H and O–H groups in total. The lowest BCUT2D eigenvalue weighted by Gasteiger charge is -2.16. The van der Waals surface area contributed by atoms with E-state index in [-0.39, 0.29) is 22.7 Å². The van der Waals surface area contributed by atoms with Crippen molar-refractivity contribution in [3.8, 4) is 11.5 Å². The fraction of sp³-hybridized carbons (Fsp3) is 0.143. The van der Waals surface area contributed by atoms with Gasteiger partial charge in [0, 0.05) is 21.7 Å². The van der Waals surface area contributed by atoms with E-state index in [0.29, 0.717) is 30.1 Å². The van der Waals surface area contributed by atoms with Gasteiger partial charge in [-0.05, 0) is 59.7 Å². The monoisotopic (exact) mass is 594 g/mol. The maximum atomic E-state index is 13.1. The zero-order chi connectivity index (χ0) is 27.2. The van der Waals surface area contributed by atoms with Crippen molar-refractivity contribution in [1.82, 2.24) is 4.90 Å². The van der Waals surface area contributed by atoms with Crippen LogP contribution in [0.25, 0.3) is 6.08 Å². The number of methoxy groups -OCH3 is 1. The molecule has 4 rings (SSSR count). The van der Waals surface area contributed by atoms with Crippen molar-refractivity contribution in [3.05, 3.63) is 115 Å². The Hall–Kier alpha value is -3.89. The van der Waals surface area contributed by atoms with E-state index in [9.17, 15) is 19.7 Å². The quantitative estimate of drug-likeness (QED) is 0.109. The first-order valence-electron chi connectivity index (χ1n) is 11.5. The minimum atomic E-state index is -0.530. The molecule has 0 radical (unpaired) electrons. The molecule has 10 heteroatoms. The van der Waals surface area contributed by atoms with E-state index in [1.54, 1.807) is 24.3 Å². The maximum Gasteiger partial charge on any atom is 0.293 e. The van der Waals surface area contributed by atoms with Crippen LogP contribution in [0.4, 0.5) is 10.5 Å². The Morgan fingerprint density at radius 3 is 2.53 bits per heavy atom.